The first-order valence-corrected chi connectivity index (χ1v) is 7.28. The van der Waals surface area contributed by atoms with Gasteiger partial charge >= 0.3 is 24.1 Å². The number of hydrogen-bond donors (Lipinski definition) is 5. The Labute approximate surface area is 145 Å². The second-order valence-electron chi connectivity index (χ2n) is 5.36. The van der Waals surface area contributed by atoms with E-state index in [2.05, 4.69) is 4.74 Å². The Morgan fingerprint density at radius 3 is 2.62 bits per heavy atom. The Morgan fingerprint density at radius 2 is 2.00 bits per heavy atom. The fourth-order valence-corrected chi connectivity index (χ4v) is 2.13. The van der Waals surface area contributed by atoms with Gasteiger partial charge in [-0.3, -0.25) is 4.79 Å². The highest BCUT2D eigenvalue weighted by molar-refractivity contribution is 5.86. The Balaban J connectivity index is 2.09. The van der Waals surface area contributed by atoms with Gasteiger partial charge in [0.1, 0.15) is 11.8 Å². The normalized spacial score (nSPS) is 24.7. The van der Waals surface area contributed by atoms with E-state index in [-0.39, 0.29) is 11.3 Å². The molecule has 0 radical (unpaired) electrons. The van der Waals surface area contributed by atoms with Crippen molar-refractivity contribution in [3.8, 4) is 0 Å². The Bertz CT molecular complexity index is 746. The summed E-state index contributed by atoms with van der Waals surface area (Å²) in [6, 6.07) is 2.73. The third-order valence-corrected chi connectivity index (χ3v) is 3.48. The molecule has 0 aliphatic carbocycles. The number of nitrogens with zero attached hydrogens (tertiary/aromatic N) is 1. The first-order valence-electron chi connectivity index (χ1n) is 7.28. The number of hydrogen-bond acceptors (Lipinski definition) is 8. The predicted octanol–water partition coefficient (Wildman–Crippen LogP) is -1.86. The third kappa shape index (κ3) is 4.33. The van der Waals surface area contributed by atoms with Gasteiger partial charge in [0.15, 0.2) is 36.5 Å². The lowest BCUT2D eigenvalue weighted by Crippen LogP contribution is -2.46. The number of carboxylic acid groups (broad SMARTS) is 2. The van der Waals surface area contributed by atoms with E-state index in [1.165, 1.54) is 29.1 Å². The van der Waals surface area contributed by atoms with Gasteiger partial charge in [0, 0.05) is 6.07 Å². The summed E-state index contributed by atoms with van der Waals surface area (Å²) in [4.78, 5) is 32.9. The number of aliphatic hydroxyl groups excluding tert-OH is 3. The van der Waals surface area contributed by atoms with Crippen molar-refractivity contribution in [2.24, 2.45) is 0 Å². The van der Waals surface area contributed by atoms with Crippen molar-refractivity contribution in [3.05, 3.63) is 42.1 Å². The lowest BCUT2D eigenvalue weighted by atomic mass is 10.2. The van der Waals surface area contributed by atoms with E-state index < -0.39 is 48.9 Å². The molecule has 1 aliphatic heterocycles. The second kappa shape index (κ2) is 7.91. The van der Waals surface area contributed by atoms with Crippen molar-refractivity contribution in [1.82, 2.24) is 0 Å². The average Bonchev–Trinajstić information content (AvgIpc) is 2.88. The average molecular weight is 370 g/mol. The van der Waals surface area contributed by atoms with Crippen LogP contribution in [0.4, 0.5) is 0 Å². The zero-order chi connectivity index (χ0) is 19.4. The number of rotatable bonds is 6. The molecule has 4 atom stereocenters. The molecule has 1 aliphatic rings. The van der Waals surface area contributed by atoms with Crippen LogP contribution in [-0.4, -0.2) is 61.8 Å². The number of carbonyl (C=O) groups is 3. The molecule has 140 valence electrons. The highest BCUT2D eigenvalue weighted by atomic mass is 16.6. The van der Waals surface area contributed by atoms with E-state index in [1.807, 2.05) is 0 Å². The van der Waals surface area contributed by atoms with Crippen LogP contribution in [0.2, 0.25) is 0 Å². The molecular weight excluding hydrogens is 354 g/mol. The zero-order valence-corrected chi connectivity index (χ0v) is 13.1. The molecule has 0 unspecified atom stereocenters. The molecule has 11 heteroatoms. The van der Waals surface area contributed by atoms with Crippen molar-refractivity contribution in [3.63, 3.8) is 0 Å². The van der Waals surface area contributed by atoms with Crippen molar-refractivity contribution in [1.29, 1.82) is 0 Å². The molecule has 0 bridgehead atoms. The number of aromatic nitrogens is 1. The quantitative estimate of drug-likeness (QED) is 0.217. The molecule has 1 saturated heterocycles. The van der Waals surface area contributed by atoms with Gasteiger partial charge in [-0.2, -0.15) is 4.57 Å². The predicted molar refractivity (Wildman–Crippen MR) is 78.2 cm³/mol. The summed E-state index contributed by atoms with van der Waals surface area (Å²) < 4.78 is 11.1. The molecular formula is C15H16NO10+. The molecule has 1 aromatic heterocycles. The molecule has 1 aromatic rings. The van der Waals surface area contributed by atoms with Crippen molar-refractivity contribution in [2.45, 2.75) is 31.0 Å². The molecule has 2 heterocycles. The van der Waals surface area contributed by atoms with Crippen molar-refractivity contribution in [2.75, 3.05) is 0 Å². The van der Waals surface area contributed by atoms with E-state index in [0.29, 0.717) is 6.26 Å². The molecule has 2 rings (SSSR count). The van der Waals surface area contributed by atoms with Crippen LogP contribution in [0.3, 0.4) is 0 Å². The lowest BCUT2D eigenvalue weighted by molar-refractivity contribution is -0.762. The molecule has 0 amide bonds. The zero-order valence-electron chi connectivity index (χ0n) is 13.1. The SMILES string of the molecule is O=C(C[C@H](O)C(=O)O)O/C=C1/O[C@@H]([n+]2cccc(C(=O)O)c2)[C@H](O)[C@@H]1O. The summed E-state index contributed by atoms with van der Waals surface area (Å²) in [6.07, 6.45) is -3.73. The summed E-state index contributed by atoms with van der Waals surface area (Å²) in [6.45, 7) is 0. The summed E-state index contributed by atoms with van der Waals surface area (Å²) in [7, 11) is 0. The maximum absolute atomic E-state index is 11.4. The summed E-state index contributed by atoms with van der Waals surface area (Å²) in [5, 5.41) is 46.5. The summed E-state index contributed by atoms with van der Waals surface area (Å²) in [5.74, 6) is -4.22. The van der Waals surface area contributed by atoms with E-state index in [4.69, 9.17) is 20.1 Å². The smallest absolute Gasteiger partial charge is 0.341 e. The fourth-order valence-electron chi connectivity index (χ4n) is 2.13. The van der Waals surface area contributed by atoms with E-state index in [0.717, 1.165) is 0 Å². The van der Waals surface area contributed by atoms with Crippen LogP contribution in [0, 0.1) is 0 Å². The van der Waals surface area contributed by atoms with Crippen LogP contribution in [0.15, 0.2) is 36.5 Å². The van der Waals surface area contributed by atoms with E-state index in [9.17, 15) is 24.6 Å². The van der Waals surface area contributed by atoms with E-state index in [1.54, 1.807) is 0 Å². The molecule has 26 heavy (non-hydrogen) atoms. The standard InChI is InChI=1S/C15H15NO10/c17-8(15(23)24)4-10(18)25-6-9-11(19)12(20)13(26-9)16-3-1-2-7(5-16)14(21)22/h1-3,5-6,8,11-13,17,19-20H,4H2,(H-,21,22,23,24)/p+1/b9-6+/t8-,11+,12+,13+/m0/s1. The van der Waals surface area contributed by atoms with E-state index >= 15 is 0 Å². The van der Waals surface area contributed by atoms with Gasteiger partial charge in [-0.1, -0.05) is 0 Å². The molecule has 11 nitrogen and oxygen atoms in total. The third-order valence-electron chi connectivity index (χ3n) is 3.48. The Morgan fingerprint density at radius 1 is 1.31 bits per heavy atom. The van der Waals surface area contributed by atoms with Gasteiger partial charge in [0.25, 0.3) is 0 Å². The summed E-state index contributed by atoms with van der Waals surface area (Å²) in [5.41, 5.74) is -0.0793. The van der Waals surface area contributed by atoms with Gasteiger partial charge in [0.2, 0.25) is 0 Å². The van der Waals surface area contributed by atoms with Crippen LogP contribution in [0.5, 0.6) is 0 Å². The highest BCUT2D eigenvalue weighted by Crippen LogP contribution is 2.28. The van der Waals surface area contributed by atoms with Crippen LogP contribution >= 0.6 is 0 Å². The summed E-state index contributed by atoms with van der Waals surface area (Å²) >= 11 is 0. The van der Waals surface area contributed by atoms with Crippen molar-refractivity contribution < 1.29 is 54.0 Å². The molecule has 1 fully saturated rings. The lowest BCUT2D eigenvalue weighted by Gasteiger charge is -2.09. The minimum absolute atomic E-state index is 0.0793. The molecule has 5 N–H and O–H groups in total. The Hall–Kier alpha value is -3.02. The fraction of sp³-hybridized carbons (Fsp3) is 0.333. The number of aromatic carboxylic acids is 1. The maximum atomic E-state index is 11.4. The number of esters is 1. The van der Waals surface area contributed by atoms with Gasteiger partial charge in [0.05, 0.1) is 6.42 Å². The number of ether oxygens (including phenoxy) is 2. The maximum Gasteiger partial charge on any atom is 0.341 e. The first kappa shape index (κ1) is 19.3. The number of pyridine rings is 1. The highest BCUT2D eigenvalue weighted by Gasteiger charge is 2.46. The van der Waals surface area contributed by atoms with Crippen molar-refractivity contribution >= 4 is 17.9 Å². The molecule has 0 aromatic carbocycles. The number of aliphatic hydroxyl groups is 3. The minimum atomic E-state index is -1.94. The van der Waals surface area contributed by atoms with Gasteiger partial charge in [-0.15, -0.1) is 0 Å². The number of carbonyl (C=O) groups excluding carboxylic acids is 1. The molecule has 0 saturated carbocycles. The largest absolute Gasteiger partial charge is 0.479 e. The topological polar surface area (TPSA) is 175 Å². The van der Waals surface area contributed by atoms with Crippen LogP contribution in [0.1, 0.15) is 23.0 Å². The van der Waals surface area contributed by atoms with Crippen LogP contribution < -0.4 is 4.57 Å². The van der Waals surface area contributed by atoms with Gasteiger partial charge < -0.3 is 35.0 Å². The van der Waals surface area contributed by atoms with Gasteiger partial charge in [-0.05, 0) is 6.07 Å². The van der Waals surface area contributed by atoms with Crippen LogP contribution in [-0.2, 0) is 19.1 Å². The first-order chi connectivity index (χ1) is 12.2. The number of carboxylic acids is 2. The number of aliphatic carboxylic acids is 1. The van der Waals surface area contributed by atoms with Crippen LogP contribution in [0.25, 0.3) is 0 Å². The minimum Gasteiger partial charge on any atom is -0.479 e. The van der Waals surface area contributed by atoms with Gasteiger partial charge in [-0.25, -0.2) is 9.59 Å². The Kier molecular flexibility index (Phi) is 5.87. The second-order valence-corrected chi connectivity index (χ2v) is 5.36. The monoisotopic (exact) mass is 370 g/mol. The molecule has 0 spiro atoms.